The van der Waals surface area contributed by atoms with E-state index in [0.717, 1.165) is 19.3 Å². The van der Waals surface area contributed by atoms with Crippen molar-refractivity contribution in [2.24, 2.45) is 10.7 Å². The van der Waals surface area contributed by atoms with E-state index in [1.807, 2.05) is 0 Å². The first-order valence-corrected chi connectivity index (χ1v) is 6.64. The van der Waals surface area contributed by atoms with Crippen LogP contribution in [0.5, 0.6) is 0 Å². The van der Waals surface area contributed by atoms with Gasteiger partial charge in [0.2, 0.25) is 0 Å². The molecular weight excluding hydrogens is 280 g/mol. The van der Waals surface area contributed by atoms with E-state index in [1.165, 1.54) is 21.2 Å². The Morgan fingerprint density at radius 2 is 2.24 bits per heavy atom. The lowest BCUT2D eigenvalue weighted by Gasteiger charge is -2.31. The maximum Gasteiger partial charge on any atom is 0.282 e. The van der Waals surface area contributed by atoms with Crippen molar-refractivity contribution >= 4 is 22.0 Å². The smallest absolute Gasteiger partial charge is 0.282 e. The lowest BCUT2D eigenvalue weighted by molar-refractivity contribution is 0.234. The molecule has 2 aliphatic rings. The molecule has 0 amide bonds. The van der Waals surface area contributed by atoms with Crippen molar-refractivity contribution in [1.29, 1.82) is 0 Å². The molecule has 1 unspecified atom stereocenters. The standard InChI is InChI=1S/C13H15BrN2O/c1-8-2-3-11(14)9-4-5-13(6-10(8)9)7-17-12(15)16-13/h2-3H,4-7H2,1H3,(H2,15,16). The average molecular weight is 295 g/mol. The fourth-order valence-corrected chi connectivity index (χ4v) is 3.37. The van der Waals surface area contributed by atoms with Crippen LogP contribution in [0.3, 0.4) is 0 Å². The maximum absolute atomic E-state index is 5.65. The minimum atomic E-state index is -0.108. The van der Waals surface area contributed by atoms with Crippen LogP contribution < -0.4 is 5.73 Å². The van der Waals surface area contributed by atoms with Crippen LogP contribution in [0.25, 0.3) is 0 Å². The quantitative estimate of drug-likeness (QED) is 0.798. The number of benzene rings is 1. The van der Waals surface area contributed by atoms with E-state index in [1.54, 1.807) is 0 Å². The van der Waals surface area contributed by atoms with Crippen LogP contribution >= 0.6 is 15.9 Å². The summed E-state index contributed by atoms with van der Waals surface area (Å²) in [5.74, 6) is 0. The van der Waals surface area contributed by atoms with Crippen LogP contribution in [-0.4, -0.2) is 18.2 Å². The van der Waals surface area contributed by atoms with E-state index >= 15 is 0 Å². The number of hydrogen-bond donors (Lipinski definition) is 1. The second-order valence-electron chi connectivity index (χ2n) is 4.96. The molecule has 0 aromatic heterocycles. The summed E-state index contributed by atoms with van der Waals surface area (Å²) in [6.07, 6.45) is 2.99. The van der Waals surface area contributed by atoms with Gasteiger partial charge >= 0.3 is 0 Å². The largest absolute Gasteiger partial charge is 0.463 e. The van der Waals surface area contributed by atoms with Crippen molar-refractivity contribution in [2.45, 2.75) is 31.7 Å². The van der Waals surface area contributed by atoms with E-state index < -0.39 is 0 Å². The van der Waals surface area contributed by atoms with Crippen molar-refractivity contribution in [3.05, 3.63) is 33.3 Å². The minimum Gasteiger partial charge on any atom is -0.463 e. The SMILES string of the molecule is Cc1ccc(Br)c2c1CC1(CC2)COC(N)=N1. The molecule has 0 saturated carbocycles. The number of hydrogen-bond acceptors (Lipinski definition) is 3. The van der Waals surface area contributed by atoms with Gasteiger partial charge in [0.25, 0.3) is 6.02 Å². The maximum atomic E-state index is 5.65. The predicted molar refractivity (Wildman–Crippen MR) is 71.2 cm³/mol. The Morgan fingerprint density at radius 1 is 1.41 bits per heavy atom. The number of aliphatic imine (C=N–C) groups is 1. The first kappa shape index (κ1) is 11.1. The van der Waals surface area contributed by atoms with Gasteiger partial charge in [-0.3, -0.25) is 0 Å². The van der Waals surface area contributed by atoms with Crippen molar-refractivity contribution < 1.29 is 4.74 Å². The topological polar surface area (TPSA) is 47.6 Å². The molecular formula is C13H15BrN2O. The summed E-state index contributed by atoms with van der Waals surface area (Å²) in [7, 11) is 0. The van der Waals surface area contributed by atoms with Crippen LogP contribution in [-0.2, 0) is 17.6 Å². The predicted octanol–water partition coefficient (Wildman–Crippen LogP) is 2.33. The summed E-state index contributed by atoms with van der Waals surface area (Å²) < 4.78 is 6.56. The van der Waals surface area contributed by atoms with Crippen molar-refractivity contribution in [1.82, 2.24) is 0 Å². The fraction of sp³-hybridized carbons (Fsp3) is 0.462. The van der Waals surface area contributed by atoms with Crippen molar-refractivity contribution in [3.8, 4) is 0 Å². The van der Waals surface area contributed by atoms with Gasteiger partial charge in [0.05, 0.1) is 0 Å². The Hall–Kier alpha value is -1.03. The van der Waals surface area contributed by atoms with E-state index in [4.69, 9.17) is 10.5 Å². The van der Waals surface area contributed by atoms with Gasteiger partial charge in [-0.2, -0.15) is 0 Å². The van der Waals surface area contributed by atoms with Gasteiger partial charge < -0.3 is 10.5 Å². The summed E-state index contributed by atoms with van der Waals surface area (Å²) >= 11 is 3.63. The molecule has 3 nitrogen and oxygen atoms in total. The molecule has 1 aliphatic carbocycles. The van der Waals surface area contributed by atoms with Crippen LogP contribution in [0.2, 0.25) is 0 Å². The Balaban J connectivity index is 2.04. The lowest BCUT2D eigenvalue weighted by atomic mass is 9.77. The van der Waals surface area contributed by atoms with Crippen LogP contribution in [0, 0.1) is 6.92 Å². The third kappa shape index (κ3) is 1.75. The van der Waals surface area contributed by atoms with Gasteiger partial charge in [-0.1, -0.05) is 22.0 Å². The van der Waals surface area contributed by atoms with Gasteiger partial charge in [0.1, 0.15) is 12.1 Å². The highest BCUT2D eigenvalue weighted by Gasteiger charge is 2.40. The molecule has 0 saturated heterocycles. The zero-order valence-electron chi connectivity index (χ0n) is 9.79. The molecule has 4 heteroatoms. The van der Waals surface area contributed by atoms with E-state index in [9.17, 15) is 0 Å². The molecule has 1 atom stereocenters. The number of nitrogens with zero attached hydrogens (tertiary/aromatic N) is 1. The van der Waals surface area contributed by atoms with Crippen LogP contribution in [0.15, 0.2) is 21.6 Å². The number of nitrogens with two attached hydrogens (primary N) is 1. The Kier molecular flexibility index (Phi) is 2.43. The van der Waals surface area contributed by atoms with E-state index in [2.05, 4.69) is 40.0 Å². The Labute approximate surface area is 109 Å². The summed E-state index contributed by atoms with van der Waals surface area (Å²) in [5, 5.41) is 0. The number of halogens is 1. The highest BCUT2D eigenvalue weighted by Crippen LogP contribution is 2.38. The van der Waals surface area contributed by atoms with E-state index in [0.29, 0.717) is 12.6 Å². The molecule has 17 heavy (non-hydrogen) atoms. The van der Waals surface area contributed by atoms with Gasteiger partial charge in [-0.25, -0.2) is 4.99 Å². The summed E-state index contributed by atoms with van der Waals surface area (Å²) in [5.41, 5.74) is 9.71. The normalized spacial score (nSPS) is 26.6. The summed E-state index contributed by atoms with van der Waals surface area (Å²) in [6, 6.07) is 4.64. The number of rotatable bonds is 0. The highest BCUT2D eigenvalue weighted by molar-refractivity contribution is 9.10. The first-order valence-electron chi connectivity index (χ1n) is 5.85. The molecule has 90 valence electrons. The van der Waals surface area contributed by atoms with Crippen LogP contribution in [0.1, 0.15) is 23.1 Å². The molecule has 1 aromatic rings. The molecule has 1 aromatic carbocycles. The molecule has 1 spiro atoms. The molecule has 3 rings (SSSR count). The molecule has 1 heterocycles. The third-order valence-corrected chi connectivity index (χ3v) is 4.53. The third-order valence-electron chi connectivity index (χ3n) is 3.79. The Morgan fingerprint density at radius 3 is 2.94 bits per heavy atom. The molecule has 1 aliphatic heterocycles. The monoisotopic (exact) mass is 294 g/mol. The van der Waals surface area contributed by atoms with Gasteiger partial charge in [0, 0.05) is 10.9 Å². The van der Waals surface area contributed by atoms with Gasteiger partial charge in [-0.05, 0) is 42.5 Å². The van der Waals surface area contributed by atoms with Crippen LogP contribution in [0.4, 0.5) is 0 Å². The second-order valence-corrected chi connectivity index (χ2v) is 5.82. The fourth-order valence-electron chi connectivity index (χ4n) is 2.80. The van der Waals surface area contributed by atoms with Gasteiger partial charge in [0.15, 0.2) is 0 Å². The molecule has 0 bridgehead atoms. The number of amidine groups is 1. The first-order chi connectivity index (χ1) is 8.10. The summed E-state index contributed by atoms with van der Waals surface area (Å²) in [4.78, 5) is 4.51. The molecule has 2 N–H and O–H groups in total. The Bertz CT molecular complexity index is 512. The number of ether oxygens (including phenoxy) is 1. The lowest BCUT2D eigenvalue weighted by Crippen LogP contribution is -2.36. The summed E-state index contributed by atoms with van der Waals surface area (Å²) in [6.45, 7) is 2.79. The molecule has 0 radical (unpaired) electrons. The number of fused-ring (bicyclic) bond motifs is 1. The second kappa shape index (κ2) is 3.73. The van der Waals surface area contributed by atoms with Gasteiger partial charge in [-0.15, -0.1) is 0 Å². The minimum absolute atomic E-state index is 0.108. The zero-order chi connectivity index (χ0) is 12.0. The van der Waals surface area contributed by atoms with Crippen molar-refractivity contribution in [3.63, 3.8) is 0 Å². The van der Waals surface area contributed by atoms with E-state index in [-0.39, 0.29) is 5.54 Å². The number of aryl methyl sites for hydroxylation is 1. The zero-order valence-corrected chi connectivity index (χ0v) is 11.4. The highest BCUT2D eigenvalue weighted by atomic mass is 79.9. The van der Waals surface area contributed by atoms with Crippen molar-refractivity contribution in [2.75, 3.05) is 6.61 Å². The molecule has 0 fully saturated rings. The average Bonchev–Trinajstić information content (AvgIpc) is 2.66.